The van der Waals surface area contributed by atoms with Crippen LogP contribution in [0.2, 0.25) is 0 Å². The van der Waals surface area contributed by atoms with Gasteiger partial charge in [0.15, 0.2) is 0 Å². The van der Waals surface area contributed by atoms with Gasteiger partial charge in [0.05, 0.1) is 0 Å². The van der Waals surface area contributed by atoms with Crippen molar-refractivity contribution >= 4 is 7.69 Å². The molecule has 0 aliphatic rings. The van der Waals surface area contributed by atoms with Crippen LogP contribution in [0.15, 0.2) is 25.3 Å². The molecule has 7 heavy (non-hydrogen) atoms. The second-order valence-corrected chi connectivity index (χ2v) is 0.613. The van der Waals surface area contributed by atoms with Crippen molar-refractivity contribution in [1.82, 2.24) is 0 Å². The van der Waals surface area contributed by atoms with Crippen molar-refractivity contribution in [3.8, 4) is 0 Å². The van der Waals surface area contributed by atoms with Gasteiger partial charge in [0.25, 0.3) is 0 Å². The lowest BCUT2D eigenvalue weighted by molar-refractivity contribution is 0.448. The lowest BCUT2D eigenvalue weighted by Gasteiger charge is -1.48. The van der Waals surface area contributed by atoms with E-state index in [-0.39, 0.29) is 0 Å². The zero-order valence-corrected chi connectivity index (χ0v) is 4.17. The average Bonchev–Trinajstić information content (AvgIpc) is 1.69. The molecule has 40 valence electrons. The molecule has 0 aliphatic heterocycles. The van der Waals surface area contributed by atoms with E-state index in [9.17, 15) is 0 Å². The zero-order chi connectivity index (χ0) is 6.12. The lowest BCUT2D eigenvalue weighted by Crippen LogP contribution is -1.75. The van der Waals surface area contributed by atoms with Crippen molar-refractivity contribution in [3.05, 3.63) is 25.3 Å². The van der Waals surface area contributed by atoms with E-state index in [4.69, 9.17) is 10.0 Å². The van der Waals surface area contributed by atoms with Gasteiger partial charge in [-0.2, -0.15) is 0 Å². The first-order valence-corrected chi connectivity index (χ1v) is 1.78. The molecular weight excluding hydrogens is 90.9 g/mol. The number of rotatable bonds is 1. The highest BCUT2D eigenvalue weighted by atomic mass is 16.4. The quantitative estimate of drug-likeness (QED) is 0.347. The standard InChI is InChI=1S/C4H6.BH3O2/c1-3-4-2;2-1-3/h3-4H,1-2H2;1-3H. The smallest absolute Gasteiger partial charge is 0.430 e. The third-order valence-electron chi connectivity index (χ3n) is 0.167. The van der Waals surface area contributed by atoms with Crippen molar-refractivity contribution in [2.24, 2.45) is 0 Å². The van der Waals surface area contributed by atoms with Crippen LogP contribution in [0.5, 0.6) is 0 Å². The number of hydrogen-bond acceptors (Lipinski definition) is 2. The van der Waals surface area contributed by atoms with Crippen LogP contribution in [-0.2, 0) is 0 Å². The highest BCUT2D eigenvalue weighted by molar-refractivity contribution is 6.13. The monoisotopic (exact) mass is 100 g/mol. The molecule has 0 spiro atoms. The molecule has 0 saturated carbocycles. The largest absolute Gasteiger partial charge is 0.432 e. The van der Waals surface area contributed by atoms with Gasteiger partial charge in [-0.3, -0.25) is 0 Å². The highest BCUT2D eigenvalue weighted by Gasteiger charge is 1.48. The molecule has 0 unspecified atom stereocenters. The van der Waals surface area contributed by atoms with E-state index in [0.29, 0.717) is 0 Å². The minimum absolute atomic E-state index is 0.750. The zero-order valence-electron chi connectivity index (χ0n) is 4.17. The third kappa shape index (κ3) is 304. The summed E-state index contributed by atoms with van der Waals surface area (Å²) in [5.41, 5.74) is 0. The van der Waals surface area contributed by atoms with Gasteiger partial charge in [-0.1, -0.05) is 25.3 Å². The fourth-order valence-corrected chi connectivity index (χ4v) is 0. The summed E-state index contributed by atoms with van der Waals surface area (Å²) in [6.07, 6.45) is 3.28. The first-order valence-electron chi connectivity index (χ1n) is 1.78. The molecule has 0 aromatic carbocycles. The summed E-state index contributed by atoms with van der Waals surface area (Å²) < 4.78 is 0. The maximum absolute atomic E-state index is 7.12. The third-order valence-corrected chi connectivity index (χ3v) is 0.167. The summed E-state index contributed by atoms with van der Waals surface area (Å²) in [5, 5.41) is 14.2. The van der Waals surface area contributed by atoms with Crippen LogP contribution in [-0.4, -0.2) is 17.7 Å². The van der Waals surface area contributed by atoms with Gasteiger partial charge in [-0.05, 0) is 0 Å². The summed E-state index contributed by atoms with van der Waals surface area (Å²) in [6.45, 7) is 6.72. The molecule has 0 amide bonds. The Bertz CT molecular complexity index is 39.0. The minimum atomic E-state index is -0.750. The molecular formula is C4H9BO2. The van der Waals surface area contributed by atoms with Gasteiger partial charge in [-0.25, -0.2) is 0 Å². The van der Waals surface area contributed by atoms with Gasteiger partial charge in [-0.15, -0.1) is 0 Å². The van der Waals surface area contributed by atoms with Crippen molar-refractivity contribution < 1.29 is 10.0 Å². The van der Waals surface area contributed by atoms with E-state index < -0.39 is 7.69 Å². The minimum Gasteiger partial charge on any atom is -0.430 e. The SMILES string of the molecule is C=CC=C.OBO. The summed E-state index contributed by atoms with van der Waals surface area (Å²) in [7, 11) is -0.750. The first kappa shape index (κ1) is 9.69. The van der Waals surface area contributed by atoms with Crippen LogP contribution in [0.4, 0.5) is 0 Å². The molecule has 2 N–H and O–H groups in total. The fourth-order valence-electron chi connectivity index (χ4n) is 0. The van der Waals surface area contributed by atoms with Crippen LogP contribution >= 0.6 is 0 Å². The first-order chi connectivity index (χ1) is 3.33. The summed E-state index contributed by atoms with van der Waals surface area (Å²) >= 11 is 0. The molecule has 0 atom stereocenters. The van der Waals surface area contributed by atoms with Crippen LogP contribution in [0, 0.1) is 0 Å². The summed E-state index contributed by atoms with van der Waals surface area (Å²) in [6, 6.07) is 0. The molecule has 0 bridgehead atoms. The predicted molar refractivity (Wildman–Crippen MR) is 32.0 cm³/mol. The van der Waals surface area contributed by atoms with Crippen molar-refractivity contribution in [3.63, 3.8) is 0 Å². The Morgan fingerprint density at radius 3 is 1.29 bits per heavy atom. The Morgan fingerprint density at radius 1 is 1.14 bits per heavy atom. The van der Waals surface area contributed by atoms with Gasteiger partial charge < -0.3 is 10.0 Å². The molecule has 0 fully saturated rings. The van der Waals surface area contributed by atoms with E-state index >= 15 is 0 Å². The normalized spacial score (nSPS) is 4.86. The molecule has 0 aliphatic carbocycles. The molecule has 0 aromatic heterocycles. The summed E-state index contributed by atoms with van der Waals surface area (Å²) in [4.78, 5) is 0. The molecule has 0 saturated heterocycles. The fraction of sp³-hybridized carbons (Fsp3) is 0. The van der Waals surface area contributed by atoms with Gasteiger partial charge in [0, 0.05) is 0 Å². The molecule has 0 aromatic rings. The van der Waals surface area contributed by atoms with E-state index in [0.717, 1.165) is 0 Å². The maximum Gasteiger partial charge on any atom is 0.432 e. The van der Waals surface area contributed by atoms with E-state index in [1.165, 1.54) is 0 Å². The van der Waals surface area contributed by atoms with Gasteiger partial charge >= 0.3 is 7.69 Å². The maximum atomic E-state index is 7.12. The van der Waals surface area contributed by atoms with E-state index in [1.54, 1.807) is 12.2 Å². The van der Waals surface area contributed by atoms with Gasteiger partial charge in [0.2, 0.25) is 0 Å². The lowest BCUT2D eigenvalue weighted by atomic mass is 10.5. The predicted octanol–water partition coefficient (Wildman–Crippen LogP) is -0.404. The number of allylic oxidation sites excluding steroid dienone is 2. The summed E-state index contributed by atoms with van der Waals surface area (Å²) in [5.74, 6) is 0. The Kier molecular flexibility index (Phi) is 24.8. The van der Waals surface area contributed by atoms with E-state index in [2.05, 4.69) is 13.2 Å². The molecule has 3 heteroatoms. The van der Waals surface area contributed by atoms with Crippen LogP contribution in [0.3, 0.4) is 0 Å². The molecule has 2 nitrogen and oxygen atoms in total. The molecule has 0 radical (unpaired) electrons. The Balaban J connectivity index is 0. The molecule has 0 rings (SSSR count). The topological polar surface area (TPSA) is 40.5 Å². The van der Waals surface area contributed by atoms with Crippen molar-refractivity contribution in [2.75, 3.05) is 0 Å². The van der Waals surface area contributed by atoms with E-state index in [1.807, 2.05) is 0 Å². The second kappa shape index (κ2) is 17.9. The second-order valence-electron chi connectivity index (χ2n) is 0.613. The number of hydrogen-bond donors (Lipinski definition) is 2. The highest BCUT2D eigenvalue weighted by Crippen LogP contribution is 1.52. The van der Waals surface area contributed by atoms with Crippen LogP contribution in [0.25, 0.3) is 0 Å². The average molecular weight is 99.9 g/mol. The van der Waals surface area contributed by atoms with Gasteiger partial charge in [0.1, 0.15) is 0 Å². The van der Waals surface area contributed by atoms with Crippen molar-refractivity contribution in [1.29, 1.82) is 0 Å². The Labute approximate surface area is 44.1 Å². The van der Waals surface area contributed by atoms with Crippen LogP contribution in [0.1, 0.15) is 0 Å². The van der Waals surface area contributed by atoms with Crippen LogP contribution < -0.4 is 0 Å². The van der Waals surface area contributed by atoms with Crippen molar-refractivity contribution in [2.45, 2.75) is 0 Å². The molecule has 0 heterocycles. The Hall–Kier alpha value is -0.535. The Morgan fingerprint density at radius 2 is 1.29 bits per heavy atom.